The molecule has 1 heterocycles. The Morgan fingerprint density at radius 3 is 2.52 bits per heavy atom. The second-order valence-corrected chi connectivity index (χ2v) is 7.07. The molecule has 144 valence electrons. The molecule has 0 aromatic heterocycles. The van der Waals surface area contributed by atoms with Crippen molar-refractivity contribution in [3.05, 3.63) is 57.1 Å². The van der Waals surface area contributed by atoms with Gasteiger partial charge in [-0.2, -0.15) is 0 Å². The van der Waals surface area contributed by atoms with Gasteiger partial charge in [0.25, 0.3) is 0 Å². The molecule has 1 saturated heterocycles. The summed E-state index contributed by atoms with van der Waals surface area (Å²) in [6, 6.07) is 11.2. The highest BCUT2D eigenvalue weighted by Gasteiger charge is 2.26. The molecule has 0 unspecified atom stereocenters. The van der Waals surface area contributed by atoms with Gasteiger partial charge in [0.1, 0.15) is 17.1 Å². The number of halogens is 1. The molecule has 2 aromatic carbocycles. The Morgan fingerprint density at radius 1 is 1.26 bits per heavy atom. The SMILES string of the molecule is COc1ccc(CN2CCC(Nc3c(Cl)ccc(N)c3[N+](=O)[O-])CC2)cc1. The van der Waals surface area contributed by atoms with Crippen LogP contribution >= 0.6 is 11.6 Å². The van der Waals surface area contributed by atoms with Gasteiger partial charge in [-0.15, -0.1) is 0 Å². The number of hydrogen-bond donors (Lipinski definition) is 2. The second kappa shape index (κ2) is 8.45. The van der Waals surface area contributed by atoms with E-state index in [0.29, 0.717) is 10.7 Å². The minimum absolute atomic E-state index is 0.115. The van der Waals surface area contributed by atoms with E-state index in [-0.39, 0.29) is 17.4 Å². The van der Waals surface area contributed by atoms with E-state index in [1.165, 1.54) is 11.6 Å². The fourth-order valence-electron chi connectivity index (χ4n) is 3.35. The fourth-order valence-corrected chi connectivity index (χ4v) is 3.55. The van der Waals surface area contributed by atoms with Crippen LogP contribution in [0, 0.1) is 10.1 Å². The third-order valence-corrected chi connectivity index (χ3v) is 5.16. The number of nitrogen functional groups attached to an aromatic ring is 1. The predicted octanol–water partition coefficient (Wildman–Crippen LogP) is 3.92. The first kappa shape index (κ1) is 19.3. The molecule has 3 rings (SSSR count). The second-order valence-electron chi connectivity index (χ2n) is 6.66. The van der Waals surface area contributed by atoms with Crippen LogP contribution in [0.2, 0.25) is 5.02 Å². The molecule has 8 heteroatoms. The number of hydrogen-bond acceptors (Lipinski definition) is 6. The number of likely N-dealkylation sites (tertiary alicyclic amines) is 1. The monoisotopic (exact) mass is 390 g/mol. The minimum Gasteiger partial charge on any atom is -0.497 e. The van der Waals surface area contributed by atoms with Crippen LogP contribution in [0.15, 0.2) is 36.4 Å². The van der Waals surface area contributed by atoms with Crippen LogP contribution < -0.4 is 15.8 Å². The summed E-state index contributed by atoms with van der Waals surface area (Å²) in [5, 5.41) is 14.9. The molecule has 1 aliphatic rings. The molecule has 0 spiro atoms. The van der Waals surface area contributed by atoms with Crippen LogP contribution in [0.25, 0.3) is 0 Å². The minimum atomic E-state index is -0.484. The largest absolute Gasteiger partial charge is 0.497 e. The number of nitro benzene ring substituents is 1. The van der Waals surface area contributed by atoms with E-state index < -0.39 is 4.92 Å². The third-order valence-electron chi connectivity index (χ3n) is 4.84. The van der Waals surface area contributed by atoms with Crippen LogP contribution in [-0.4, -0.2) is 36.1 Å². The van der Waals surface area contributed by atoms with Crippen molar-refractivity contribution in [2.75, 3.05) is 31.2 Å². The van der Waals surface area contributed by atoms with Crippen LogP contribution in [0.5, 0.6) is 5.75 Å². The summed E-state index contributed by atoms with van der Waals surface area (Å²) in [7, 11) is 1.66. The number of methoxy groups -OCH3 is 1. The molecule has 27 heavy (non-hydrogen) atoms. The van der Waals surface area contributed by atoms with E-state index in [9.17, 15) is 10.1 Å². The Labute approximate surface area is 163 Å². The van der Waals surface area contributed by atoms with Crippen molar-refractivity contribution in [1.82, 2.24) is 4.90 Å². The lowest BCUT2D eigenvalue weighted by Crippen LogP contribution is -2.38. The highest BCUT2D eigenvalue weighted by atomic mass is 35.5. The first-order valence-electron chi connectivity index (χ1n) is 8.82. The Hall–Kier alpha value is -2.51. The highest BCUT2D eigenvalue weighted by molar-refractivity contribution is 6.34. The zero-order chi connectivity index (χ0) is 19.4. The first-order valence-corrected chi connectivity index (χ1v) is 9.20. The van der Waals surface area contributed by atoms with Gasteiger partial charge in [0.05, 0.1) is 17.1 Å². The molecule has 7 nitrogen and oxygen atoms in total. The number of nitrogens with one attached hydrogen (secondary N) is 1. The number of ether oxygens (including phenoxy) is 1. The molecule has 0 saturated carbocycles. The van der Waals surface area contributed by atoms with Crippen molar-refractivity contribution in [2.45, 2.75) is 25.4 Å². The summed E-state index contributed by atoms with van der Waals surface area (Å²) in [5.41, 5.74) is 7.28. The molecule has 0 radical (unpaired) electrons. The van der Waals surface area contributed by atoms with Gasteiger partial charge in [-0.25, -0.2) is 0 Å². The zero-order valence-corrected chi connectivity index (χ0v) is 15.9. The van der Waals surface area contributed by atoms with Gasteiger partial charge >= 0.3 is 5.69 Å². The lowest BCUT2D eigenvalue weighted by molar-refractivity contribution is -0.383. The van der Waals surface area contributed by atoms with Crippen molar-refractivity contribution in [1.29, 1.82) is 0 Å². The topological polar surface area (TPSA) is 93.7 Å². The smallest absolute Gasteiger partial charge is 0.316 e. The Morgan fingerprint density at radius 2 is 1.93 bits per heavy atom. The van der Waals surface area contributed by atoms with Crippen LogP contribution in [0.3, 0.4) is 0 Å². The average Bonchev–Trinajstić information content (AvgIpc) is 2.66. The maximum Gasteiger partial charge on any atom is 0.316 e. The summed E-state index contributed by atoms with van der Waals surface area (Å²) in [6.07, 6.45) is 1.75. The van der Waals surface area contributed by atoms with Gasteiger partial charge < -0.3 is 15.8 Å². The molecular weight excluding hydrogens is 368 g/mol. The van der Waals surface area contributed by atoms with Crippen LogP contribution in [0.1, 0.15) is 18.4 Å². The molecule has 2 aromatic rings. The maximum absolute atomic E-state index is 11.3. The van der Waals surface area contributed by atoms with E-state index in [2.05, 4.69) is 22.3 Å². The van der Waals surface area contributed by atoms with Gasteiger partial charge in [0, 0.05) is 25.7 Å². The fraction of sp³-hybridized carbons (Fsp3) is 0.368. The summed E-state index contributed by atoms with van der Waals surface area (Å²) >= 11 is 6.18. The predicted molar refractivity (Wildman–Crippen MR) is 107 cm³/mol. The lowest BCUT2D eigenvalue weighted by Gasteiger charge is -2.33. The van der Waals surface area contributed by atoms with Gasteiger partial charge in [-0.05, 0) is 42.7 Å². The van der Waals surface area contributed by atoms with E-state index in [1.54, 1.807) is 13.2 Å². The molecule has 0 aliphatic carbocycles. The number of rotatable bonds is 6. The number of nitrogens with zero attached hydrogens (tertiary/aromatic N) is 2. The van der Waals surface area contributed by atoms with Crippen LogP contribution in [0.4, 0.5) is 17.1 Å². The molecule has 1 fully saturated rings. The summed E-state index contributed by atoms with van der Waals surface area (Å²) < 4.78 is 5.18. The number of piperidine rings is 1. The van der Waals surface area contributed by atoms with Crippen LogP contribution in [-0.2, 0) is 6.54 Å². The average molecular weight is 391 g/mol. The highest BCUT2D eigenvalue weighted by Crippen LogP contribution is 2.38. The Kier molecular flexibility index (Phi) is 6.03. The number of nitro groups is 1. The molecule has 1 aliphatic heterocycles. The van der Waals surface area contributed by atoms with Crippen molar-refractivity contribution in [3.8, 4) is 5.75 Å². The van der Waals surface area contributed by atoms with Gasteiger partial charge in [0.15, 0.2) is 0 Å². The number of anilines is 2. The molecule has 0 bridgehead atoms. The number of benzene rings is 2. The molecular formula is C19H23ClN4O3. The zero-order valence-electron chi connectivity index (χ0n) is 15.2. The van der Waals surface area contributed by atoms with Gasteiger partial charge in [0.2, 0.25) is 0 Å². The van der Waals surface area contributed by atoms with Gasteiger partial charge in [-0.3, -0.25) is 15.0 Å². The van der Waals surface area contributed by atoms with E-state index in [4.69, 9.17) is 22.1 Å². The standard InChI is InChI=1S/C19H23ClN4O3/c1-27-15-4-2-13(3-5-15)12-23-10-8-14(9-11-23)22-18-16(20)6-7-17(21)19(18)24(25)26/h2-7,14,22H,8-12,21H2,1H3. The van der Waals surface area contributed by atoms with Crippen molar-refractivity contribution in [3.63, 3.8) is 0 Å². The Bertz CT molecular complexity index is 805. The van der Waals surface area contributed by atoms with E-state index >= 15 is 0 Å². The summed E-state index contributed by atoms with van der Waals surface area (Å²) in [6.45, 7) is 2.67. The van der Waals surface area contributed by atoms with Crippen molar-refractivity contribution < 1.29 is 9.66 Å². The van der Waals surface area contributed by atoms with Crippen molar-refractivity contribution in [2.24, 2.45) is 0 Å². The van der Waals surface area contributed by atoms with Gasteiger partial charge in [-0.1, -0.05) is 23.7 Å². The van der Waals surface area contributed by atoms with E-state index in [1.807, 2.05) is 12.1 Å². The summed E-state index contributed by atoms with van der Waals surface area (Å²) in [4.78, 5) is 13.2. The quantitative estimate of drug-likeness (QED) is 0.441. The van der Waals surface area contributed by atoms with E-state index in [0.717, 1.165) is 38.2 Å². The normalized spacial score (nSPS) is 15.5. The summed E-state index contributed by atoms with van der Waals surface area (Å²) in [5.74, 6) is 0.849. The molecule has 0 atom stereocenters. The molecule has 3 N–H and O–H groups in total. The van der Waals surface area contributed by atoms with Crippen molar-refractivity contribution >= 4 is 28.7 Å². The third kappa shape index (κ3) is 4.61. The lowest BCUT2D eigenvalue weighted by atomic mass is 10.0. The Balaban J connectivity index is 1.60. The molecule has 0 amide bonds. The first-order chi connectivity index (χ1) is 13.0. The number of nitrogens with two attached hydrogens (primary N) is 1. The maximum atomic E-state index is 11.3.